The number of hydrogen-bond acceptors (Lipinski definition) is 6. The van der Waals surface area contributed by atoms with Gasteiger partial charge < -0.3 is 9.47 Å². The molecule has 1 amide bonds. The molecule has 2 heterocycles. The lowest BCUT2D eigenvalue weighted by atomic mass is 10.1. The molecule has 2 aliphatic rings. The third kappa shape index (κ3) is 3.15. The van der Waals surface area contributed by atoms with Crippen molar-refractivity contribution in [2.24, 2.45) is 0 Å². The Labute approximate surface area is 141 Å². The summed E-state index contributed by atoms with van der Waals surface area (Å²) >= 11 is 3.45. The molecule has 116 valence electrons. The SMILES string of the molecule is COC(=O)C1(C)C=C2C(=C(I)NN2C(=O)OC(C)(C)C)S1. The van der Waals surface area contributed by atoms with Crippen LogP contribution in [0.25, 0.3) is 0 Å². The molecule has 0 spiro atoms. The van der Waals surface area contributed by atoms with Gasteiger partial charge in [0, 0.05) is 0 Å². The highest BCUT2D eigenvalue weighted by Gasteiger charge is 2.47. The molecule has 2 rings (SSSR count). The van der Waals surface area contributed by atoms with Gasteiger partial charge in [-0.3, -0.25) is 10.2 Å². The summed E-state index contributed by atoms with van der Waals surface area (Å²) in [6, 6.07) is 0. The molecule has 0 bridgehead atoms. The monoisotopic (exact) mass is 424 g/mol. The van der Waals surface area contributed by atoms with Crippen LogP contribution in [0.5, 0.6) is 0 Å². The molecule has 0 saturated heterocycles. The second-order valence-corrected chi connectivity index (χ2v) is 8.34. The van der Waals surface area contributed by atoms with Crippen molar-refractivity contribution >= 4 is 46.4 Å². The second kappa shape index (κ2) is 5.38. The van der Waals surface area contributed by atoms with E-state index in [1.165, 1.54) is 23.9 Å². The number of hydrogen-bond donors (Lipinski definition) is 1. The quantitative estimate of drug-likeness (QED) is 0.397. The van der Waals surface area contributed by atoms with E-state index in [0.717, 1.165) is 8.61 Å². The van der Waals surface area contributed by atoms with Crippen LogP contribution in [0, 0.1) is 0 Å². The summed E-state index contributed by atoms with van der Waals surface area (Å²) in [4.78, 5) is 25.0. The number of nitrogens with zero attached hydrogens (tertiary/aromatic N) is 1. The van der Waals surface area contributed by atoms with Crippen LogP contribution in [0.4, 0.5) is 4.79 Å². The van der Waals surface area contributed by atoms with E-state index in [4.69, 9.17) is 9.47 Å². The number of hydrazine groups is 1. The predicted molar refractivity (Wildman–Crippen MR) is 88.3 cm³/mol. The van der Waals surface area contributed by atoms with Crippen LogP contribution in [0.2, 0.25) is 0 Å². The number of thioether (sulfide) groups is 1. The van der Waals surface area contributed by atoms with Gasteiger partial charge >= 0.3 is 12.1 Å². The zero-order valence-corrected chi connectivity index (χ0v) is 15.4. The predicted octanol–water partition coefficient (Wildman–Crippen LogP) is 2.91. The van der Waals surface area contributed by atoms with Crippen molar-refractivity contribution in [1.29, 1.82) is 0 Å². The first-order valence-corrected chi connectivity index (χ1v) is 8.17. The Kier molecular flexibility index (Phi) is 4.22. The van der Waals surface area contributed by atoms with Crippen LogP contribution in [-0.4, -0.2) is 34.5 Å². The Morgan fingerprint density at radius 3 is 2.57 bits per heavy atom. The van der Waals surface area contributed by atoms with Crippen molar-refractivity contribution < 1.29 is 19.1 Å². The van der Waals surface area contributed by atoms with E-state index in [1.807, 2.05) is 0 Å². The Bertz CT molecular complexity index is 567. The first-order valence-electron chi connectivity index (χ1n) is 6.27. The minimum Gasteiger partial charge on any atom is -0.468 e. The minimum absolute atomic E-state index is 0.352. The molecule has 2 aliphatic heterocycles. The summed E-state index contributed by atoms with van der Waals surface area (Å²) in [5, 5.41) is 1.32. The molecule has 1 N–H and O–H groups in total. The molecule has 0 aromatic heterocycles. The number of fused-ring (bicyclic) bond motifs is 1. The van der Waals surface area contributed by atoms with Crippen molar-refractivity contribution in [3.8, 4) is 0 Å². The van der Waals surface area contributed by atoms with Crippen molar-refractivity contribution in [3.05, 3.63) is 20.4 Å². The normalized spacial score (nSPS) is 24.5. The molecule has 0 saturated carbocycles. The van der Waals surface area contributed by atoms with Gasteiger partial charge in [-0.1, -0.05) is 11.8 Å². The largest absolute Gasteiger partial charge is 0.468 e. The smallest absolute Gasteiger partial charge is 0.434 e. The fourth-order valence-corrected chi connectivity index (χ4v) is 3.91. The maximum Gasteiger partial charge on any atom is 0.434 e. The number of rotatable bonds is 1. The number of ether oxygens (including phenoxy) is 2. The van der Waals surface area contributed by atoms with Crippen LogP contribution >= 0.6 is 34.4 Å². The van der Waals surface area contributed by atoms with Crippen LogP contribution in [-0.2, 0) is 14.3 Å². The van der Waals surface area contributed by atoms with Gasteiger partial charge in [0.05, 0.1) is 17.7 Å². The van der Waals surface area contributed by atoms with E-state index < -0.39 is 16.4 Å². The average molecular weight is 424 g/mol. The Morgan fingerprint density at radius 2 is 2.05 bits per heavy atom. The molecule has 1 atom stereocenters. The van der Waals surface area contributed by atoms with Crippen molar-refractivity contribution in [2.75, 3.05) is 7.11 Å². The number of esters is 1. The number of halogens is 1. The minimum atomic E-state index is -0.835. The first kappa shape index (κ1) is 16.5. The second-order valence-electron chi connectivity index (χ2n) is 5.80. The molecule has 0 aliphatic carbocycles. The van der Waals surface area contributed by atoms with Gasteiger partial charge in [0.2, 0.25) is 0 Å². The third-order valence-corrected chi connectivity index (χ3v) is 5.25. The van der Waals surface area contributed by atoms with Crippen LogP contribution < -0.4 is 5.43 Å². The lowest BCUT2D eigenvalue weighted by molar-refractivity contribution is -0.141. The highest BCUT2D eigenvalue weighted by molar-refractivity contribution is 14.1. The molecule has 1 unspecified atom stereocenters. The molecular formula is C13H17IN2O4S. The van der Waals surface area contributed by atoms with Crippen molar-refractivity contribution in [3.63, 3.8) is 0 Å². The average Bonchev–Trinajstić information content (AvgIpc) is 2.84. The van der Waals surface area contributed by atoms with E-state index in [9.17, 15) is 9.59 Å². The van der Waals surface area contributed by atoms with E-state index >= 15 is 0 Å². The maximum absolute atomic E-state index is 12.2. The first-order chi connectivity index (χ1) is 9.57. The molecule has 0 fully saturated rings. The zero-order chi connectivity index (χ0) is 16.0. The molecule has 0 radical (unpaired) electrons. The summed E-state index contributed by atoms with van der Waals surface area (Å²) in [5.41, 5.74) is 3.00. The van der Waals surface area contributed by atoms with Gasteiger partial charge in [-0.15, -0.1) is 0 Å². The molecule has 0 aromatic rings. The Balaban J connectivity index is 2.28. The summed E-state index contributed by atoms with van der Waals surface area (Å²) in [7, 11) is 1.35. The number of methoxy groups -OCH3 is 1. The standard InChI is InChI=1S/C13H17IN2O4S/c1-12(2,3)20-11(18)16-7-6-13(4,10(17)19-5)21-8(7)9(14)15-16/h6,15H,1-5H3. The topological polar surface area (TPSA) is 67.9 Å². The molecule has 0 aromatic carbocycles. The van der Waals surface area contributed by atoms with Gasteiger partial charge in [-0.05, 0) is 56.4 Å². The fraction of sp³-hybridized carbons (Fsp3) is 0.538. The number of carbonyl (C=O) groups is 2. The molecule has 21 heavy (non-hydrogen) atoms. The number of nitrogens with one attached hydrogen (secondary N) is 1. The van der Waals surface area contributed by atoms with Gasteiger partial charge in [-0.2, -0.15) is 5.01 Å². The van der Waals surface area contributed by atoms with Crippen LogP contribution in [0.3, 0.4) is 0 Å². The van der Waals surface area contributed by atoms with E-state index in [0.29, 0.717) is 5.70 Å². The Hall–Kier alpha value is -0.900. The summed E-state index contributed by atoms with van der Waals surface area (Å²) in [6.07, 6.45) is 1.22. The zero-order valence-electron chi connectivity index (χ0n) is 12.4. The molecule has 6 nitrogen and oxygen atoms in total. The molecular weight excluding hydrogens is 407 g/mol. The van der Waals surface area contributed by atoms with Gasteiger partial charge in [0.25, 0.3) is 0 Å². The van der Waals surface area contributed by atoms with Crippen LogP contribution in [0.1, 0.15) is 27.7 Å². The van der Waals surface area contributed by atoms with Gasteiger partial charge in [0.1, 0.15) is 14.1 Å². The van der Waals surface area contributed by atoms with Gasteiger partial charge in [-0.25, -0.2) is 4.79 Å². The summed E-state index contributed by atoms with van der Waals surface area (Å²) in [6.45, 7) is 7.17. The highest BCUT2D eigenvalue weighted by Crippen LogP contribution is 2.51. The summed E-state index contributed by atoms with van der Waals surface area (Å²) < 4.78 is 10.1. The van der Waals surface area contributed by atoms with Crippen molar-refractivity contribution in [2.45, 2.75) is 38.0 Å². The van der Waals surface area contributed by atoms with Gasteiger partial charge in [0.15, 0.2) is 0 Å². The lowest BCUT2D eigenvalue weighted by Gasteiger charge is -2.25. The van der Waals surface area contributed by atoms with E-state index in [-0.39, 0.29) is 5.97 Å². The van der Waals surface area contributed by atoms with Crippen LogP contribution in [0.15, 0.2) is 20.4 Å². The number of carbonyl (C=O) groups excluding carboxylic acids is 2. The summed E-state index contributed by atoms with van der Waals surface area (Å²) in [5.74, 6) is -0.352. The molecule has 8 heteroatoms. The lowest BCUT2D eigenvalue weighted by Crippen LogP contribution is -2.41. The third-order valence-electron chi connectivity index (χ3n) is 2.78. The van der Waals surface area contributed by atoms with E-state index in [2.05, 4.69) is 28.0 Å². The van der Waals surface area contributed by atoms with Crippen molar-refractivity contribution in [1.82, 2.24) is 10.4 Å². The van der Waals surface area contributed by atoms with E-state index in [1.54, 1.807) is 33.8 Å². The maximum atomic E-state index is 12.2. The Morgan fingerprint density at radius 1 is 1.43 bits per heavy atom. The number of amides is 1. The fourth-order valence-electron chi connectivity index (χ4n) is 1.91. The highest BCUT2D eigenvalue weighted by atomic mass is 127.